The van der Waals surface area contributed by atoms with E-state index in [1.807, 2.05) is 95.7 Å². The van der Waals surface area contributed by atoms with Crippen molar-refractivity contribution >= 4 is 51.9 Å². The molecule has 5 aromatic carbocycles. The number of amides is 2. The second kappa shape index (κ2) is 14.4. The highest BCUT2D eigenvalue weighted by Crippen LogP contribution is 2.45. The molecule has 0 atom stereocenters. The summed E-state index contributed by atoms with van der Waals surface area (Å²) in [6, 6.07) is 42.3. The summed E-state index contributed by atoms with van der Waals surface area (Å²) in [6.45, 7) is 0.395. The van der Waals surface area contributed by atoms with Crippen LogP contribution in [0.2, 0.25) is 10.0 Å². The molecule has 50 heavy (non-hydrogen) atoms. The minimum Gasteiger partial charge on any atom is -0.465 e. The number of rotatable bonds is 9. The maximum absolute atomic E-state index is 14.0. The van der Waals surface area contributed by atoms with Crippen LogP contribution in [0, 0.1) is 11.8 Å². The van der Waals surface area contributed by atoms with Gasteiger partial charge in [-0.1, -0.05) is 126 Å². The summed E-state index contributed by atoms with van der Waals surface area (Å²) in [5, 5.41) is 21.9. The van der Waals surface area contributed by atoms with E-state index in [0.717, 1.165) is 46.0 Å². The molecule has 0 bridgehead atoms. The first-order valence-corrected chi connectivity index (χ1v) is 17.5. The predicted molar refractivity (Wildman–Crippen MR) is 200 cm³/mol. The Morgan fingerprint density at radius 3 is 1.80 bits per heavy atom. The van der Waals surface area contributed by atoms with Crippen LogP contribution in [0.15, 0.2) is 127 Å². The van der Waals surface area contributed by atoms with Gasteiger partial charge in [0.25, 0.3) is 0 Å². The number of aromatic nitrogens is 2. The molecule has 1 fully saturated rings. The van der Waals surface area contributed by atoms with Crippen LogP contribution < -0.4 is 10.6 Å². The number of anilines is 1. The fourth-order valence-corrected chi connectivity index (χ4v) is 8.00. The largest absolute Gasteiger partial charge is 0.465 e. The second-order valence-corrected chi connectivity index (χ2v) is 13.6. The number of nitrogens with one attached hydrogen (secondary N) is 2. The molecule has 252 valence electrons. The van der Waals surface area contributed by atoms with Crippen molar-refractivity contribution in [2.75, 3.05) is 11.9 Å². The third-order valence-corrected chi connectivity index (χ3v) is 10.5. The van der Waals surface area contributed by atoms with Crippen LogP contribution in [0.5, 0.6) is 0 Å². The zero-order valence-electron chi connectivity index (χ0n) is 27.2. The molecule has 7 nitrogen and oxygen atoms in total. The number of fused-ring (bicyclic) bond motifs is 1. The molecule has 1 saturated carbocycles. The Morgan fingerprint density at radius 2 is 1.28 bits per heavy atom. The van der Waals surface area contributed by atoms with Gasteiger partial charge in [-0.3, -0.25) is 4.79 Å². The Labute approximate surface area is 300 Å². The molecule has 1 aromatic heterocycles. The van der Waals surface area contributed by atoms with Crippen LogP contribution >= 0.6 is 23.2 Å². The van der Waals surface area contributed by atoms with Crippen LogP contribution in [0.4, 0.5) is 10.6 Å². The number of nitrogens with zero attached hydrogens (tertiary/aromatic N) is 2. The van der Waals surface area contributed by atoms with Crippen molar-refractivity contribution in [1.29, 1.82) is 0 Å². The van der Waals surface area contributed by atoms with Gasteiger partial charge in [0.1, 0.15) is 5.54 Å². The van der Waals surface area contributed by atoms with E-state index in [0.29, 0.717) is 40.8 Å². The van der Waals surface area contributed by atoms with Crippen LogP contribution in [0.1, 0.15) is 42.4 Å². The van der Waals surface area contributed by atoms with Gasteiger partial charge in [-0.15, -0.1) is 0 Å². The van der Waals surface area contributed by atoms with Crippen molar-refractivity contribution in [3.8, 4) is 11.1 Å². The van der Waals surface area contributed by atoms with E-state index < -0.39 is 11.6 Å². The molecule has 6 aromatic rings. The van der Waals surface area contributed by atoms with Crippen LogP contribution in [0.3, 0.4) is 0 Å². The van der Waals surface area contributed by atoms with E-state index in [1.165, 1.54) is 0 Å². The van der Waals surface area contributed by atoms with Gasteiger partial charge in [0.05, 0.1) is 5.52 Å². The number of benzene rings is 5. The molecule has 1 heterocycles. The Hall–Kier alpha value is -5.11. The first-order chi connectivity index (χ1) is 24.4. The molecule has 7 rings (SSSR count). The van der Waals surface area contributed by atoms with Gasteiger partial charge in [-0.25, -0.2) is 9.48 Å². The molecular formula is C41H36Cl2N4O3. The molecule has 0 radical (unpaired) electrons. The van der Waals surface area contributed by atoms with Crippen LogP contribution in [0.25, 0.3) is 22.0 Å². The van der Waals surface area contributed by atoms with E-state index in [1.54, 1.807) is 0 Å². The van der Waals surface area contributed by atoms with E-state index in [-0.39, 0.29) is 17.7 Å². The average Bonchev–Trinajstić information content (AvgIpc) is 3.50. The standard InChI is InChI=1S/C41H36Cl2N4O3/c42-34-17-10-18-35(43)37(34)29-23-24-36-33(25-29)38(45-39(48)28-21-19-27(20-22-28)26-44-40(49)50)46-47(36)41(30-11-4-1-5-12-30,31-13-6-2-7-14-31)32-15-8-3-9-16-32/h1-18,23-25,27-28,44H,19-22,26H2,(H,49,50)(H,45,46,48). The summed E-state index contributed by atoms with van der Waals surface area (Å²) in [5.41, 5.74) is 4.43. The summed E-state index contributed by atoms with van der Waals surface area (Å²) < 4.78 is 2.03. The Morgan fingerprint density at radius 1 is 0.740 bits per heavy atom. The number of halogens is 2. The molecule has 3 N–H and O–H groups in total. The topological polar surface area (TPSA) is 96.2 Å². The van der Waals surface area contributed by atoms with E-state index in [9.17, 15) is 9.59 Å². The minimum atomic E-state index is -1.03. The number of hydrogen-bond donors (Lipinski definition) is 3. The summed E-state index contributed by atoms with van der Waals surface area (Å²) in [6.07, 6.45) is 1.84. The lowest BCUT2D eigenvalue weighted by Gasteiger charge is -2.37. The number of hydrogen-bond acceptors (Lipinski definition) is 3. The summed E-state index contributed by atoms with van der Waals surface area (Å²) in [4.78, 5) is 25.0. The minimum absolute atomic E-state index is 0.105. The zero-order valence-corrected chi connectivity index (χ0v) is 28.7. The molecule has 0 unspecified atom stereocenters. The highest BCUT2D eigenvalue weighted by molar-refractivity contribution is 6.39. The number of carbonyl (C=O) groups is 2. The molecule has 9 heteroatoms. The summed E-state index contributed by atoms with van der Waals surface area (Å²) in [7, 11) is 0. The van der Waals surface area contributed by atoms with Crippen molar-refractivity contribution in [3.63, 3.8) is 0 Å². The Kier molecular flexibility index (Phi) is 9.61. The lowest BCUT2D eigenvalue weighted by molar-refractivity contribution is -0.121. The SMILES string of the molecule is O=C(O)NCC1CCC(C(=O)Nc2nn(C(c3ccccc3)(c3ccccc3)c3ccccc3)c3ccc(-c4c(Cl)cccc4Cl)cc23)CC1. The fraction of sp³-hybridized carbons (Fsp3) is 0.195. The number of carboxylic acid groups (broad SMARTS) is 1. The summed E-state index contributed by atoms with van der Waals surface area (Å²) in [5.74, 6) is 0.324. The van der Waals surface area contributed by atoms with Crippen molar-refractivity contribution in [2.45, 2.75) is 31.2 Å². The first kappa shape index (κ1) is 33.4. The van der Waals surface area contributed by atoms with E-state index in [4.69, 9.17) is 33.4 Å². The Balaban J connectivity index is 1.41. The first-order valence-electron chi connectivity index (χ1n) is 16.8. The molecule has 0 aliphatic heterocycles. The highest BCUT2D eigenvalue weighted by atomic mass is 35.5. The van der Waals surface area contributed by atoms with Crippen molar-refractivity contribution in [1.82, 2.24) is 15.1 Å². The quantitative estimate of drug-likeness (QED) is 0.131. The van der Waals surface area contributed by atoms with E-state index >= 15 is 0 Å². The third kappa shape index (κ3) is 6.35. The van der Waals surface area contributed by atoms with Gasteiger partial charge in [-0.05, 0) is 78.1 Å². The van der Waals surface area contributed by atoms with E-state index in [2.05, 4.69) is 47.0 Å². The monoisotopic (exact) mass is 702 g/mol. The zero-order chi connectivity index (χ0) is 34.7. The fourth-order valence-electron chi connectivity index (χ4n) is 7.38. The normalized spacial score (nSPS) is 16.2. The van der Waals surface area contributed by atoms with Gasteiger partial charge < -0.3 is 15.7 Å². The van der Waals surface area contributed by atoms with Gasteiger partial charge in [0, 0.05) is 33.5 Å². The maximum atomic E-state index is 14.0. The average molecular weight is 704 g/mol. The van der Waals surface area contributed by atoms with Crippen molar-refractivity contribution in [3.05, 3.63) is 154 Å². The Bertz CT molecular complexity index is 2010. The van der Waals surface area contributed by atoms with Crippen molar-refractivity contribution in [2.24, 2.45) is 11.8 Å². The van der Waals surface area contributed by atoms with Gasteiger partial charge in [0.2, 0.25) is 5.91 Å². The molecule has 2 amide bonds. The van der Waals surface area contributed by atoms with Gasteiger partial charge in [0.15, 0.2) is 5.82 Å². The molecule has 1 aliphatic carbocycles. The molecular weight excluding hydrogens is 667 g/mol. The predicted octanol–water partition coefficient (Wildman–Crippen LogP) is 9.86. The lowest BCUT2D eigenvalue weighted by Crippen LogP contribution is -2.38. The number of carbonyl (C=O) groups excluding carboxylic acids is 1. The second-order valence-electron chi connectivity index (χ2n) is 12.8. The summed E-state index contributed by atoms with van der Waals surface area (Å²) >= 11 is 13.4. The molecule has 0 spiro atoms. The smallest absolute Gasteiger partial charge is 0.404 e. The lowest BCUT2D eigenvalue weighted by atomic mass is 9.77. The highest BCUT2D eigenvalue weighted by Gasteiger charge is 2.41. The van der Waals surface area contributed by atoms with Crippen molar-refractivity contribution < 1.29 is 14.7 Å². The molecule has 0 saturated heterocycles. The third-order valence-electron chi connectivity index (χ3n) is 9.82. The van der Waals surface area contributed by atoms with Gasteiger partial charge >= 0.3 is 6.09 Å². The molecule has 1 aliphatic rings. The van der Waals surface area contributed by atoms with Crippen LogP contribution in [-0.4, -0.2) is 33.4 Å². The van der Waals surface area contributed by atoms with Gasteiger partial charge in [-0.2, -0.15) is 5.10 Å². The van der Waals surface area contributed by atoms with Crippen LogP contribution in [-0.2, 0) is 10.3 Å². The maximum Gasteiger partial charge on any atom is 0.404 e.